The number of aromatic nitrogens is 1. The van der Waals surface area contributed by atoms with Gasteiger partial charge in [0, 0.05) is 38.3 Å². The summed E-state index contributed by atoms with van der Waals surface area (Å²) >= 11 is 0. The highest BCUT2D eigenvalue weighted by atomic mass is 32.2. The summed E-state index contributed by atoms with van der Waals surface area (Å²) in [5.74, 6) is -0.365. The van der Waals surface area contributed by atoms with Gasteiger partial charge in [-0.3, -0.25) is 9.69 Å². The minimum atomic E-state index is -3.92. The number of halogens is 1. The van der Waals surface area contributed by atoms with Crippen LogP contribution in [-0.4, -0.2) is 61.5 Å². The number of hydrogen-bond donors (Lipinski definition) is 1. The van der Waals surface area contributed by atoms with Gasteiger partial charge in [0.25, 0.3) is 0 Å². The Bertz CT molecular complexity index is 964. The van der Waals surface area contributed by atoms with Gasteiger partial charge in [0.05, 0.1) is 6.04 Å². The van der Waals surface area contributed by atoms with Gasteiger partial charge in [-0.25, -0.2) is 12.8 Å². The molecule has 0 bridgehead atoms. The Labute approximate surface area is 169 Å². The third-order valence-corrected chi connectivity index (χ3v) is 6.76. The summed E-state index contributed by atoms with van der Waals surface area (Å²) in [4.78, 5) is 16.4. The number of hydrogen-bond acceptors (Lipinski definition) is 6. The summed E-state index contributed by atoms with van der Waals surface area (Å²) in [6.45, 7) is 7.11. The number of amides is 1. The first kappa shape index (κ1) is 21.4. The number of benzene rings is 1. The normalized spacial score (nSPS) is 16.8. The van der Waals surface area contributed by atoms with Gasteiger partial charge in [0.15, 0.2) is 5.76 Å². The lowest BCUT2D eigenvalue weighted by Gasteiger charge is -2.36. The SMILES string of the molecule is Cc1noc(C)c1S(=O)(=O)NC(C)C(=O)N1CCN(Cc2ccccc2F)CC1. The molecule has 1 unspecified atom stereocenters. The number of nitrogens with one attached hydrogen (secondary N) is 1. The lowest BCUT2D eigenvalue weighted by molar-refractivity contribution is -0.134. The van der Waals surface area contributed by atoms with Gasteiger partial charge in [-0.1, -0.05) is 23.4 Å². The van der Waals surface area contributed by atoms with Crippen molar-refractivity contribution in [1.82, 2.24) is 19.7 Å². The molecule has 1 aliphatic heterocycles. The van der Waals surface area contributed by atoms with Gasteiger partial charge >= 0.3 is 0 Å². The minimum Gasteiger partial charge on any atom is -0.360 e. The maximum atomic E-state index is 13.8. The van der Waals surface area contributed by atoms with Crippen molar-refractivity contribution >= 4 is 15.9 Å². The molecule has 1 amide bonds. The molecule has 158 valence electrons. The maximum absolute atomic E-state index is 13.8. The Morgan fingerprint density at radius 3 is 2.48 bits per heavy atom. The molecule has 0 radical (unpaired) electrons. The van der Waals surface area contributed by atoms with Crippen molar-refractivity contribution in [3.8, 4) is 0 Å². The van der Waals surface area contributed by atoms with Crippen molar-refractivity contribution in [1.29, 1.82) is 0 Å². The molecule has 8 nitrogen and oxygen atoms in total. The van der Waals surface area contributed by atoms with Crippen LogP contribution in [0.25, 0.3) is 0 Å². The third-order valence-electron chi connectivity index (χ3n) is 4.97. The molecule has 1 atom stereocenters. The predicted octanol–water partition coefficient (Wildman–Crippen LogP) is 1.44. The summed E-state index contributed by atoms with van der Waals surface area (Å²) in [7, 11) is -3.92. The van der Waals surface area contributed by atoms with Gasteiger partial charge in [-0.15, -0.1) is 0 Å². The molecule has 1 aromatic heterocycles. The molecule has 1 aromatic carbocycles. The van der Waals surface area contributed by atoms with Gasteiger partial charge < -0.3 is 9.42 Å². The molecular formula is C19H25FN4O4S. The Morgan fingerprint density at radius 2 is 1.90 bits per heavy atom. The van der Waals surface area contributed by atoms with Crippen LogP contribution in [0.15, 0.2) is 33.7 Å². The van der Waals surface area contributed by atoms with Crippen LogP contribution >= 0.6 is 0 Å². The van der Waals surface area contributed by atoms with Crippen LogP contribution in [0.5, 0.6) is 0 Å². The lowest BCUT2D eigenvalue weighted by Crippen LogP contribution is -2.53. The van der Waals surface area contributed by atoms with E-state index >= 15 is 0 Å². The highest BCUT2D eigenvalue weighted by Crippen LogP contribution is 2.19. The Morgan fingerprint density at radius 1 is 1.24 bits per heavy atom. The molecule has 29 heavy (non-hydrogen) atoms. The first-order valence-corrected chi connectivity index (χ1v) is 10.9. The van der Waals surface area contributed by atoms with Crippen molar-refractivity contribution in [3.63, 3.8) is 0 Å². The fraction of sp³-hybridized carbons (Fsp3) is 0.474. The summed E-state index contributed by atoms with van der Waals surface area (Å²) in [5, 5.41) is 3.65. The smallest absolute Gasteiger partial charge is 0.246 e. The first-order chi connectivity index (χ1) is 13.7. The lowest BCUT2D eigenvalue weighted by atomic mass is 10.2. The first-order valence-electron chi connectivity index (χ1n) is 9.39. The predicted molar refractivity (Wildman–Crippen MR) is 104 cm³/mol. The number of sulfonamides is 1. The number of carbonyl (C=O) groups excluding carboxylic acids is 1. The van der Waals surface area contributed by atoms with E-state index in [9.17, 15) is 17.6 Å². The molecule has 0 aliphatic carbocycles. The van der Waals surface area contributed by atoms with Gasteiger partial charge in [-0.05, 0) is 26.8 Å². The molecule has 3 rings (SSSR count). The Kier molecular flexibility index (Phi) is 6.35. The van der Waals surface area contributed by atoms with Crippen LogP contribution in [0.2, 0.25) is 0 Å². The third kappa shape index (κ3) is 4.82. The average molecular weight is 424 g/mol. The zero-order valence-corrected chi connectivity index (χ0v) is 17.5. The molecule has 2 aromatic rings. The van der Waals surface area contributed by atoms with Crippen LogP contribution in [0.4, 0.5) is 4.39 Å². The molecule has 1 N–H and O–H groups in total. The molecule has 1 fully saturated rings. The molecule has 10 heteroatoms. The molecular weight excluding hydrogens is 399 g/mol. The van der Waals surface area contributed by atoms with Crippen molar-refractivity contribution < 1.29 is 22.1 Å². The second-order valence-corrected chi connectivity index (χ2v) is 8.84. The standard InChI is InChI=1S/C19H25FN4O4S/c1-13-18(15(3)28-21-13)29(26,27)22-14(2)19(25)24-10-8-23(9-11-24)12-16-6-4-5-7-17(16)20/h4-7,14,22H,8-12H2,1-3H3. The number of rotatable bonds is 6. The summed E-state index contributed by atoms with van der Waals surface area (Å²) in [6, 6.07) is 5.71. The Balaban J connectivity index is 1.57. The van der Waals surface area contributed by atoms with Crippen LogP contribution in [0.3, 0.4) is 0 Å². The summed E-state index contributed by atoms with van der Waals surface area (Å²) < 4.78 is 46.3. The van der Waals surface area contributed by atoms with Crippen LogP contribution in [-0.2, 0) is 21.4 Å². The summed E-state index contributed by atoms with van der Waals surface area (Å²) in [5.41, 5.74) is 0.865. The van der Waals surface area contributed by atoms with Crippen molar-refractivity contribution in [3.05, 3.63) is 47.1 Å². The largest absolute Gasteiger partial charge is 0.360 e. The zero-order valence-electron chi connectivity index (χ0n) is 16.7. The zero-order chi connectivity index (χ0) is 21.2. The van der Waals surface area contributed by atoms with Crippen LogP contribution in [0, 0.1) is 19.7 Å². The van der Waals surface area contributed by atoms with E-state index < -0.39 is 16.1 Å². The van der Waals surface area contributed by atoms with E-state index in [0.29, 0.717) is 38.3 Å². The van der Waals surface area contributed by atoms with Crippen molar-refractivity contribution in [2.75, 3.05) is 26.2 Å². The highest BCUT2D eigenvalue weighted by molar-refractivity contribution is 7.89. The second-order valence-electron chi connectivity index (χ2n) is 7.19. The topological polar surface area (TPSA) is 95.8 Å². The van der Waals surface area contributed by atoms with E-state index in [-0.39, 0.29) is 28.1 Å². The second kappa shape index (κ2) is 8.60. The average Bonchev–Trinajstić information content (AvgIpc) is 3.02. The minimum absolute atomic E-state index is 0.0353. The fourth-order valence-corrected chi connectivity index (χ4v) is 4.99. The quantitative estimate of drug-likeness (QED) is 0.754. The van der Waals surface area contributed by atoms with Crippen LogP contribution in [0.1, 0.15) is 23.9 Å². The van der Waals surface area contributed by atoms with E-state index in [2.05, 4.69) is 14.8 Å². The molecule has 1 saturated heterocycles. The van der Waals surface area contributed by atoms with E-state index in [1.165, 1.54) is 26.8 Å². The van der Waals surface area contributed by atoms with Crippen molar-refractivity contribution in [2.24, 2.45) is 0 Å². The van der Waals surface area contributed by atoms with Gasteiger partial charge in [0.1, 0.15) is 16.4 Å². The molecule has 0 spiro atoms. The van der Waals surface area contributed by atoms with E-state index in [1.807, 2.05) is 0 Å². The number of aryl methyl sites for hydroxylation is 2. The van der Waals surface area contributed by atoms with Crippen molar-refractivity contribution in [2.45, 2.75) is 38.3 Å². The van der Waals surface area contributed by atoms with Gasteiger partial charge in [0.2, 0.25) is 15.9 Å². The van der Waals surface area contributed by atoms with Gasteiger partial charge in [-0.2, -0.15) is 4.72 Å². The maximum Gasteiger partial charge on any atom is 0.246 e. The highest BCUT2D eigenvalue weighted by Gasteiger charge is 2.31. The number of carbonyl (C=O) groups is 1. The molecule has 2 heterocycles. The molecule has 1 aliphatic rings. The monoisotopic (exact) mass is 424 g/mol. The number of nitrogens with zero attached hydrogens (tertiary/aromatic N) is 3. The number of piperazine rings is 1. The van der Waals surface area contributed by atoms with E-state index in [4.69, 9.17) is 4.52 Å². The fourth-order valence-electron chi connectivity index (χ4n) is 3.47. The Hall–Kier alpha value is -2.30. The van der Waals surface area contributed by atoms with E-state index in [0.717, 1.165) is 0 Å². The molecule has 0 saturated carbocycles. The summed E-state index contributed by atoms with van der Waals surface area (Å²) in [6.07, 6.45) is 0. The van der Waals surface area contributed by atoms with Crippen LogP contribution < -0.4 is 4.72 Å². The van der Waals surface area contributed by atoms with E-state index in [1.54, 1.807) is 23.1 Å².